The number of fused-ring (bicyclic) bond motifs is 1. The van der Waals surface area contributed by atoms with Gasteiger partial charge >= 0.3 is 5.69 Å². The van der Waals surface area contributed by atoms with E-state index < -0.39 is 0 Å². The number of thioether (sulfide) groups is 1. The van der Waals surface area contributed by atoms with Crippen molar-refractivity contribution < 1.29 is 0 Å². The number of rotatable bonds is 3. The van der Waals surface area contributed by atoms with Crippen molar-refractivity contribution >= 4 is 28.5 Å². The molecule has 0 unspecified atom stereocenters. The Kier molecular flexibility index (Phi) is 3.71. The van der Waals surface area contributed by atoms with Crippen molar-refractivity contribution in [3.05, 3.63) is 70.5 Å². The van der Waals surface area contributed by atoms with E-state index in [1.54, 1.807) is 27.9 Å². The number of allylic oxidation sites excluding steroid dienone is 1. The molecule has 2 aromatic carbocycles. The first-order valence-corrected chi connectivity index (χ1v) is 7.62. The molecule has 0 radical (unpaired) electrons. The van der Waals surface area contributed by atoms with Crippen LogP contribution in [0, 0.1) is 0 Å². The van der Waals surface area contributed by atoms with Crippen LogP contribution in [0.2, 0.25) is 0 Å². The van der Waals surface area contributed by atoms with Gasteiger partial charge in [-0.1, -0.05) is 42.1 Å². The molecule has 0 N–H and O–H groups in total. The Hall–Kier alpha value is -2.20. The summed E-state index contributed by atoms with van der Waals surface area (Å²) in [6, 6.07) is 18.0. The number of hydrogen-bond acceptors (Lipinski definition) is 2. The molecule has 1 aromatic heterocycles. The van der Waals surface area contributed by atoms with E-state index in [0.717, 1.165) is 21.6 Å². The molecule has 0 amide bonds. The topological polar surface area (TPSA) is 26.9 Å². The average Bonchev–Trinajstić information content (AvgIpc) is 2.78. The van der Waals surface area contributed by atoms with Gasteiger partial charge in [-0.05, 0) is 36.6 Å². The molecular formula is C17H16N2OS. The van der Waals surface area contributed by atoms with Crippen molar-refractivity contribution in [1.29, 1.82) is 0 Å². The van der Waals surface area contributed by atoms with Gasteiger partial charge < -0.3 is 0 Å². The van der Waals surface area contributed by atoms with E-state index in [1.807, 2.05) is 54.8 Å². The molecule has 0 aliphatic carbocycles. The third kappa shape index (κ3) is 2.54. The molecule has 0 saturated carbocycles. The van der Waals surface area contributed by atoms with Crippen LogP contribution in [0.3, 0.4) is 0 Å². The second kappa shape index (κ2) is 5.66. The first-order valence-electron chi connectivity index (χ1n) is 6.74. The summed E-state index contributed by atoms with van der Waals surface area (Å²) in [5, 5.41) is 2.02. The monoisotopic (exact) mass is 296 g/mol. The van der Waals surface area contributed by atoms with Gasteiger partial charge in [0.05, 0.1) is 11.0 Å². The van der Waals surface area contributed by atoms with E-state index in [9.17, 15) is 4.79 Å². The second-order valence-electron chi connectivity index (χ2n) is 4.86. The van der Waals surface area contributed by atoms with E-state index in [0.29, 0.717) is 0 Å². The second-order valence-corrected chi connectivity index (χ2v) is 5.80. The molecular weight excluding hydrogens is 280 g/mol. The Balaban J connectivity index is 2.04. The first-order chi connectivity index (χ1) is 10.2. The molecule has 3 rings (SSSR count). The summed E-state index contributed by atoms with van der Waals surface area (Å²) in [5.74, 6) is 0. The number of imidazole rings is 1. The highest BCUT2D eigenvalue weighted by Crippen LogP contribution is 2.23. The lowest BCUT2D eigenvalue weighted by Crippen LogP contribution is -2.20. The summed E-state index contributed by atoms with van der Waals surface area (Å²) < 4.78 is 3.44. The molecule has 0 aliphatic rings. The standard InChI is InChI=1S/C17H16N2OS/c1-13(12-21-14-8-4-3-5-9-14)19-16-11-7-6-10-15(16)18(2)17(19)20/h3-12H,1-2H3/b13-12+. The third-order valence-electron chi connectivity index (χ3n) is 3.42. The molecule has 0 aliphatic heterocycles. The minimum absolute atomic E-state index is 0.0152. The number of aromatic nitrogens is 2. The minimum Gasteiger partial charge on any atom is -0.295 e. The lowest BCUT2D eigenvalue weighted by molar-refractivity contribution is 0.852. The van der Waals surface area contributed by atoms with E-state index in [2.05, 4.69) is 12.1 Å². The van der Waals surface area contributed by atoms with Crippen LogP contribution in [0.1, 0.15) is 6.92 Å². The summed E-state index contributed by atoms with van der Waals surface area (Å²) >= 11 is 1.62. The van der Waals surface area contributed by atoms with Gasteiger partial charge in [-0.2, -0.15) is 0 Å². The Labute approximate surface area is 127 Å². The molecule has 3 aromatic rings. The quantitative estimate of drug-likeness (QED) is 0.684. The fraction of sp³-hybridized carbons (Fsp3) is 0.118. The Morgan fingerprint density at radius 1 is 1.00 bits per heavy atom. The molecule has 0 saturated heterocycles. The van der Waals surface area contributed by atoms with Crippen LogP contribution >= 0.6 is 11.8 Å². The summed E-state index contributed by atoms with van der Waals surface area (Å²) in [6.45, 7) is 1.96. The van der Waals surface area contributed by atoms with Gasteiger partial charge in [0.15, 0.2) is 0 Å². The van der Waals surface area contributed by atoms with Crippen LogP contribution in [0.4, 0.5) is 0 Å². The normalized spacial score (nSPS) is 12.0. The molecule has 106 valence electrons. The summed E-state index contributed by atoms with van der Waals surface area (Å²) in [4.78, 5) is 13.6. The Morgan fingerprint density at radius 3 is 2.33 bits per heavy atom. The maximum Gasteiger partial charge on any atom is 0.333 e. The fourth-order valence-electron chi connectivity index (χ4n) is 2.34. The predicted molar refractivity (Wildman–Crippen MR) is 89.4 cm³/mol. The van der Waals surface area contributed by atoms with Crippen molar-refractivity contribution in [3.8, 4) is 0 Å². The van der Waals surface area contributed by atoms with Crippen LogP contribution in [0.5, 0.6) is 0 Å². The molecule has 1 heterocycles. The molecule has 3 nitrogen and oxygen atoms in total. The van der Waals surface area contributed by atoms with Crippen molar-refractivity contribution in [3.63, 3.8) is 0 Å². The number of benzene rings is 2. The maximum atomic E-state index is 12.4. The van der Waals surface area contributed by atoms with E-state index in [4.69, 9.17) is 0 Å². The van der Waals surface area contributed by atoms with Crippen LogP contribution in [-0.2, 0) is 7.05 Å². The summed E-state index contributed by atoms with van der Waals surface area (Å²) in [7, 11) is 1.80. The number of aryl methyl sites for hydroxylation is 1. The predicted octanol–water partition coefficient (Wildman–Crippen LogP) is 3.95. The minimum atomic E-state index is -0.0152. The Bertz CT molecular complexity index is 859. The smallest absolute Gasteiger partial charge is 0.295 e. The molecule has 0 atom stereocenters. The number of hydrogen-bond donors (Lipinski definition) is 0. The maximum absolute atomic E-state index is 12.4. The van der Waals surface area contributed by atoms with Crippen molar-refractivity contribution in [2.75, 3.05) is 0 Å². The SMILES string of the molecule is C/C(=C\Sc1ccccc1)n1c(=O)n(C)c2ccccc21. The van der Waals surface area contributed by atoms with Gasteiger partial charge in [0.2, 0.25) is 0 Å². The molecule has 4 heteroatoms. The molecule has 0 fully saturated rings. The van der Waals surface area contributed by atoms with Gasteiger partial charge in [0, 0.05) is 17.6 Å². The van der Waals surface area contributed by atoms with Gasteiger partial charge in [0.1, 0.15) is 0 Å². The van der Waals surface area contributed by atoms with Gasteiger partial charge in [-0.25, -0.2) is 4.79 Å². The molecule has 0 spiro atoms. The lowest BCUT2D eigenvalue weighted by Gasteiger charge is -2.03. The Morgan fingerprint density at radius 2 is 1.62 bits per heavy atom. The van der Waals surface area contributed by atoms with E-state index >= 15 is 0 Å². The van der Waals surface area contributed by atoms with Gasteiger partial charge in [-0.15, -0.1) is 0 Å². The number of para-hydroxylation sites is 2. The van der Waals surface area contributed by atoms with Crippen LogP contribution in [0.15, 0.2) is 69.7 Å². The zero-order valence-electron chi connectivity index (χ0n) is 12.0. The highest BCUT2D eigenvalue weighted by Gasteiger charge is 2.10. The first kappa shape index (κ1) is 13.8. The molecule has 21 heavy (non-hydrogen) atoms. The fourth-order valence-corrected chi connectivity index (χ4v) is 3.07. The van der Waals surface area contributed by atoms with Gasteiger partial charge in [-0.3, -0.25) is 9.13 Å². The lowest BCUT2D eigenvalue weighted by atomic mass is 10.3. The zero-order valence-corrected chi connectivity index (χ0v) is 12.8. The number of nitrogens with zero attached hydrogens (tertiary/aromatic N) is 2. The van der Waals surface area contributed by atoms with Crippen molar-refractivity contribution in [2.45, 2.75) is 11.8 Å². The average molecular weight is 296 g/mol. The van der Waals surface area contributed by atoms with Crippen molar-refractivity contribution in [2.24, 2.45) is 7.05 Å². The highest BCUT2D eigenvalue weighted by atomic mass is 32.2. The summed E-state index contributed by atoms with van der Waals surface area (Å²) in [6.07, 6.45) is 0. The highest BCUT2D eigenvalue weighted by molar-refractivity contribution is 8.02. The van der Waals surface area contributed by atoms with E-state index in [-0.39, 0.29) is 5.69 Å². The third-order valence-corrected chi connectivity index (χ3v) is 4.43. The summed E-state index contributed by atoms with van der Waals surface area (Å²) in [5.41, 5.74) is 2.79. The zero-order chi connectivity index (χ0) is 14.8. The van der Waals surface area contributed by atoms with Crippen LogP contribution in [-0.4, -0.2) is 9.13 Å². The van der Waals surface area contributed by atoms with Gasteiger partial charge in [0.25, 0.3) is 0 Å². The van der Waals surface area contributed by atoms with Crippen molar-refractivity contribution in [1.82, 2.24) is 9.13 Å². The largest absolute Gasteiger partial charge is 0.333 e. The van der Waals surface area contributed by atoms with Crippen LogP contribution in [0.25, 0.3) is 16.7 Å². The van der Waals surface area contributed by atoms with E-state index in [1.165, 1.54) is 0 Å². The van der Waals surface area contributed by atoms with Crippen LogP contribution < -0.4 is 5.69 Å². The molecule has 0 bridgehead atoms.